The molecule has 1 aromatic heterocycles. The number of thiazole rings is 1. The largest absolute Gasteiger partial charge is 0.493 e. The summed E-state index contributed by atoms with van der Waals surface area (Å²) in [5.74, 6) is 0.827. The van der Waals surface area contributed by atoms with Gasteiger partial charge < -0.3 is 9.47 Å². The van der Waals surface area contributed by atoms with Gasteiger partial charge in [0.25, 0.3) is 5.91 Å². The summed E-state index contributed by atoms with van der Waals surface area (Å²) in [6, 6.07) is 12.9. The maximum atomic E-state index is 12.4. The minimum atomic E-state index is -0.252. The number of carbonyl (C=O) groups excluding carboxylic acids is 1. The van der Waals surface area contributed by atoms with Crippen LogP contribution in [0, 0.1) is 0 Å². The summed E-state index contributed by atoms with van der Waals surface area (Å²) in [5.41, 5.74) is 2.28. The second kappa shape index (κ2) is 7.67. The van der Waals surface area contributed by atoms with Gasteiger partial charge in [-0.15, -0.1) is 11.3 Å². The van der Waals surface area contributed by atoms with E-state index in [9.17, 15) is 4.79 Å². The molecule has 0 fully saturated rings. The van der Waals surface area contributed by atoms with Crippen molar-refractivity contribution in [1.82, 2.24) is 4.98 Å². The van der Waals surface area contributed by atoms with Crippen LogP contribution in [-0.4, -0.2) is 25.1 Å². The number of benzene rings is 2. The lowest BCUT2D eigenvalue weighted by Crippen LogP contribution is -2.11. The van der Waals surface area contributed by atoms with E-state index in [1.54, 1.807) is 25.3 Å². The maximum absolute atomic E-state index is 12.4. The first-order valence-electron chi connectivity index (χ1n) is 7.35. The Morgan fingerprint density at radius 3 is 2.48 bits per heavy atom. The van der Waals surface area contributed by atoms with E-state index in [4.69, 9.17) is 9.47 Å². The normalized spacial score (nSPS) is 10.4. The summed E-state index contributed by atoms with van der Waals surface area (Å²) in [4.78, 5) is 16.9. The van der Waals surface area contributed by atoms with Gasteiger partial charge in [0.05, 0.1) is 19.9 Å². The summed E-state index contributed by atoms with van der Waals surface area (Å²) >= 11 is 4.79. The van der Waals surface area contributed by atoms with Gasteiger partial charge in [-0.1, -0.05) is 28.1 Å². The van der Waals surface area contributed by atoms with Crippen LogP contribution in [0.15, 0.2) is 52.3 Å². The molecule has 0 saturated heterocycles. The molecule has 0 atom stereocenters. The molecule has 3 rings (SSSR count). The Labute approximate surface area is 157 Å². The molecule has 0 aliphatic carbocycles. The molecule has 0 bridgehead atoms. The number of anilines is 1. The highest BCUT2D eigenvalue weighted by Crippen LogP contribution is 2.29. The lowest BCUT2D eigenvalue weighted by molar-refractivity contribution is 0.102. The highest BCUT2D eigenvalue weighted by atomic mass is 79.9. The van der Waals surface area contributed by atoms with Gasteiger partial charge >= 0.3 is 0 Å². The van der Waals surface area contributed by atoms with E-state index >= 15 is 0 Å². The third-order valence-corrected chi connectivity index (χ3v) is 4.80. The Hall–Kier alpha value is -2.38. The summed E-state index contributed by atoms with van der Waals surface area (Å²) in [6.07, 6.45) is 0. The van der Waals surface area contributed by atoms with Gasteiger partial charge in [0.15, 0.2) is 16.6 Å². The minimum Gasteiger partial charge on any atom is -0.493 e. The molecule has 0 unspecified atom stereocenters. The van der Waals surface area contributed by atoms with Crippen LogP contribution in [0.25, 0.3) is 11.3 Å². The quantitative estimate of drug-likeness (QED) is 0.643. The van der Waals surface area contributed by atoms with Crippen LogP contribution in [0.1, 0.15) is 10.4 Å². The van der Waals surface area contributed by atoms with Gasteiger partial charge in [-0.2, -0.15) is 0 Å². The van der Waals surface area contributed by atoms with Crippen LogP contribution in [0.5, 0.6) is 11.5 Å². The summed E-state index contributed by atoms with van der Waals surface area (Å²) < 4.78 is 11.4. The molecular weight excluding hydrogens is 404 g/mol. The zero-order chi connectivity index (χ0) is 17.8. The zero-order valence-electron chi connectivity index (χ0n) is 13.6. The number of carbonyl (C=O) groups is 1. The molecule has 7 heteroatoms. The molecular formula is C18H15BrN2O3S. The molecule has 1 heterocycles. The molecule has 1 N–H and O–H groups in total. The summed E-state index contributed by atoms with van der Waals surface area (Å²) in [6.45, 7) is 0. The fraction of sp³-hybridized carbons (Fsp3) is 0.111. The van der Waals surface area contributed by atoms with E-state index < -0.39 is 0 Å². The average molecular weight is 419 g/mol. The molecule has 0 radical (unpaired) electrons. The number of amides is 1. The van der Waals surface area contributed by atoms with Crippen LogP contribution >= 0.6 is 27.3 Å². The van der Waals surface area contributed by atoms with Crippen molar-refractivity contribution in [2.24, 2.45) is 0 Å². The Morgan fingerprint density at radius 2 is 1.80 bits per heavy atom. The average Bonchev–Trinajstić information content (AvgIpc) is 3.10. The number of hydrogen-bond donors (Lipinski definition) is 1. The zero-order valence-corrected chi connectivity index (χ0v) is 16.0. The third-order valence-electron chi connectivity index (χ3n) is 3.51. The molecule has 25 heavy (non-hydrogen) atoms. The molecule has 0 spiro atoms. The first kappa shape index (κ1) is 17.4. The number of hydrogen-bond acceptors (Lipinski definition) is 5. The predicted molar refractivity (Wildman–Crippen MR) is 103 cm³/mol. The minimum absolute atomic E-state index is 0.252. The second-order valence-electron chi connectivity index (χ2n) is 5.07. The molecule has 3 aromatic rings. The standard InChI is InChI=1S/C18H15BrN2O3S/c1-23-15-8-5-12(9-16(15)24-2)17(22)21-18-20-14(10-25-18)11-3-6-13(19)7-4-11/h3-10H,1-2H3,(H,20,21,22). The molecule has 2 aromatic carbocycles. The Morgan fingerprint density at radius 1 is 1.08 bits per heavy atom. The van der Waals surface area contributed by atoms with Crippen molar-refractivity contribution < 1.29 is 14.3 Å². The molecule has 5 nitrogen and oxygen atoms in total. The van der Waals surface area contributed by atoms with Crippen molar-refractivity contribution in [2.45, 2.75) is 0 Å². The fourth-order valence-corrected chi connectivity index (χ4v) is 3.21. The Bertz CT molecular complexity index is 894. The van der Waals surface area contributed by atoms with Crippen LogP contribution in [0.2, 0.25) is 0 Å². The summed E-state index contributed by atoms with van der Waals surface area (Å²) in [5, 5.41) is 5.26. The van der Waals surface area contributed by atoms with Crippen LogP contribution in [0.3, 0.4) is 0 Å². The van der Waals surface area contributed by atoms with E-state index in [1.165, 1.54) is 18.4 Å². The molecule has 128 valence electrons. The van der Waals surface area contributed by atoms with Crippen LogP contribution < -0.4 is 14.8 Å². The van der Waals surface area contributed by atoms with Gasteiger partial charge in [0.2, 0.25) is 0 Å². The van der Waals surface area contributed by atoms with Crippen molar-refractivity contribution in [3.8, 4) is 22.8 Å². The maximum Gasteiger partial charge on any atom is 0.257 e. The number of halogens is 1. The Kier molecular flexibility index (Phi) is 5.35. The van der Waals surface area contributed by atoms with Gasteiger partial charge in [0, 0.05) is 21.0 Å². The number of nitrogens with zero attached hydrogens (tertiary/aromatic N) is 1. The SMILES string of the molecule is COc1ccc(C(=O)Nc2nc(-c3ccc(Br)cc3)cs2)cc1OC. The molecule has 0 saturated carbocycles. The first-order chi connectivity index (χ1) is 12.1. The van der Waals surface area contributed by atoms with E-state index in [-0.39, 0.29) is 5.91 Å². The van der Waals surface area contributed by atoms with Crippen molar-refractivity contribution in [2.75, 3.05) is 19.5 Å². The third kappa shape index (κ3) is 4.00. The van der Waals surface area contributed by atoms with Crippen LogP contribution in [0.4, 0.5) is 5.13 Å². The lowest BCUT2D eigenvalue weighted by Gasteiger charge is -2.09. The highest BCUT2D eigenvalue weighted by Gasteiger charge is 2.13. The van der Waals surface area contributed by atoms with Crippen LogP contribution in [-0.2, 0) is 0 Å². The van der Waals surface area contributed by atoms with Crippen molar-refractivity contribution in [3.63, 3.8) is 0 Å². The second-order valence-corrected chi connectivity index (χ2v) is 6.84. The topological polar surface area (TPSA) is 60.5 Å². The first-order valence-corrected chi connectivity index (χ1v) is 9.03. The van der Waals surface area contributed by atoms with E-state index in [2.05, 4.69) is 26.2 Å². The van der Waals surface area contributed by atoms with E-state index in [0.717, 1.165) is 15.7 Å². The van der Waals surface area contributed by atoms with Gasteiger partial charge in [-0.25, -0.2) is 4.98 Å². The van der Waals surface area contributed by atoms with Gasteiger partial charge in [-0.05, 0) is 30.3 Å². The predicted octanol–water partition coefficient (Wildman–Crippen LogP) is 4.84. The molecule has 0 aliphatic heterocycles. The smallest absolute Gasteiger partial charge is 0.257 e. The van der Waals surface area contributed by atoms with E-state index in [0.29, 0.717) is 22.2 Å². The lowest BCUT2D eigenvalue weighted by atomic mass is 10.2. The Balaban J connectivity index is 1.76. The van der Waals surface area contributed by atoms with Crippen molar-refractivity contribution in [3.05, 3.63) is 57.9 Å². The summed E-state index contributed by atoms with van der Waals surface area (Å²) in [7, 11) is 3.08. The monoisotopic (exact) mass is 418 g/mol. The van der Waals surface area contributed by atoms with Gasteiger partial charge in [0.1, 0.15) is 0 Å². The number of rotatable bonds is 5. The number of aromatic nitrogens is 1. The van der Waals surface area contributed by atoms with Gasteiger partial charge in [-0.3, -0.25) is 10.1 Å². The number of nitrogens with one attached hydrogen (secondary N) is 1. The molecule has 0 aliphatic rings. The number of ether oxygens (including phenoxy) is 2. The fourth-order valence-electron chi connectivity index (χ4n) is 2.23. The molecule has 1 amide bonds. The van der Waals surface area contributed by atoms with Crippen molar-refractivity contribution in [1.29, 1.82) is 0 Å². The highest BCUT2D eigenvalue weighted by molar-refractivity contribution is 9.10. The number of methoxy groups -OCH3 is 2. The van der Waals surface area contributed by atoms with E-state index in [1.807, 2.05) is 29.6 Å². The van der Waals surface area contributed by atoms with Crippen molar-refractivity contribution >= 4 is 38.3 Å².